The fourth-order valence-corrected chi connectivity index (χ4v) is 10.7. The first kappa shape index (κ1) is 48.6. The summed E-state index contributed by atoms with van der Waals surface area (Å²) in [4.78, 5) is 11.9. The Kier molecular flexibility index (Phi) is 14.5. The first-order valence-corrected chi connectivity index (χ1v) is 26.7. The summed E-state index contributed by atoms with van der Waals surface area (Å²) in [5.41, 5.74) is 16.7. The Bertz CT molecular complexity index is 3220. The molecule has 0 aromatic heterocycles. The molecule has 73 heavy (non-hydrogen) atoms. The number of rotatable bonds is 16. The predicted octanol–water partition coefficient (Wildman–Crippen LogP) is 18.5. The van der Waals surface area contributed by atoms with E-state index >= 15 is 0 Å². The highest BCUT2D eigenvalue weighted by Gasteiger charge is 2.29. The molecule has 0 saturated carbocycles. The van der Waals surface area contributed by atoms with Crippen LogP contribution in [0.3, 0.4) is 0 Å². The van der Waals surface area contributed by atoms with Gasteiger partial charge in [-0.2, -0.15) is 0 Å². The molecule has 10 aromatic carbocycles. The van der Waals surface area contributed by atoms with Gasteiger partial charge in [-0.25, -0.2) is 4.57 Å². The average Bonchev–Trinajstić information content (AvgIpc) is 3.45. The van der Waals surface area contributed by atoms with Gasteiger partial charge in [0.15, 0.2) is 0 Å². The van der Waals surface area contributed by atoms with Crippen molar-refractivity contribution < 1.29 is 18.5 Å². The lowest BCUT2D eigenvalue weighted by molar-refractivity contribution is 0.291. The van der Waals surface area contributed by atoms with Crippen molar-refractivity contribution in [2.75, 3.05) is 0 Å². The van der Waals surface area contributed by atoms with Gasteiger partial charge < -0.3 is 9.05 Å². The Balaban J connectivity index is 0.983. The Morgan fingerprint density at radius 2 is 0.507 bits per heavy atom. The monoisotopic (exact) mass is 970 g/mol. The molecule has 0 saturated heterocycles. The summed E-state index contributed by atoms with van der Waals surface area (Å²) in [6.45, 7) is 8.84. The van der Waals surface area contributed by atoms with Gasteiger partial charge in [0.2, 0.25) is 0 Å². The summed E-state index contributed by atoms with van der Waals surface area (Å²) in [7, 11) is -4.83. The zero-order chi connectivity index (χ0) is 50.3. The van der Waals surface area contributed by atoms with Crippen LogP contribution in [0.25, 0.3) is 44.5 Å². The molecule has 4 nitrogen and oxygen atoms in total. The first-order chi connectivity index (χ1) is 35.6. The Morgan fingerprint density at radius 1 is 0.288 bits per heavy atom. The maximum Gasteiger partial charge on any atom is 0.584 e. The van der Waals surface area contributed by atoms with Gasteiger partial charge in [0, 0.05) is 34.8 Å². The Morgan fingerprint density at radius 3 is 0.767 bits per heavy atom. The van der Waals surface area contributed by atoms with E-state index in [2.05, 4.69) is 222 Å². The van der Waals surface area contributed by atoms with E-state index in [0.29, 0.717) is 11.1 Å². The zero-order valence-corrected chi connectivity index (χ0v) is 42.6. The molecule has 0 spiro atoms. The number of benzene rings is 10. The van der Waals surface area contributed by atoms with Crippen LogP contribution in [0, 0.1) is 0 Å². The van der Waals surface area contributed by atoms with E-state index in [9.17, 15) is 9.46 Å². The van der Waals surface area contributed by atoms with E-state index in [0.717, 1.165) is 44.5 Å². The van der Waals surface area contributed by atoms with Crippen molar-refractivity contribution in [2.24, 2.45) is 0 Å². The normalized spacial score (nSPS) is 13.8. The molecule has 0 fully saturated rings. The van der Waals surface area contributed by atoms with Crippen LogP contribution in [0.15, 0.2) is 255 Å². The number of phosphoric ester groups is 1. The van der Waals surface area contributed by atoms with Gasteiger partial charge >= 0.3 is 7.82 Å². The lowest BCUT2D eigenvalue weighted by Gasteiger charge is -2.20. The molecule has 10 rings (SSSR count). The van der Waals surface area contributed by atoms with E-state index in [1.165, 1.54) is 33.4 Å². The molecule has 1 N–H and O–H groups in total. The maximum absolute atomic E-state index is 14.6. The third-order valence-corrected chi connectivity index (χ3v) is 15.4. The van der Waals surface area contributed by atoms with E-state index in [1.54, 1.807) is 12.1 Å². The summed E-state index contributed by atoms with van der Waals surface area (Å²) in [6.07, 6.45) is 0. The van der Waals surface area contributed by atoms with Crippen molar-refractivity contribution in [3.63, 3.8) is 0 Å². The van der Waals surface area contributed by atoms with Crippen molar-refractivity contribution in [2.45, 2.75) is 51.4 Å². The van der Waals surface area contributed by atoms with E-state index in [4.69, 9.17) is 9.05 Å². The summed E-state index contributed by atoms with van der Waals surface area (Å²) < 4.78 is 27.0. The molecule has 0 aliphatic carbocycles. The fraction of sp³-hybridized carbons (Fsp3) is 0.118. The quantitative estimate of drug-likeness (QED) is 0.0981. The summed E-state index contributed by atoms with van der Waals surface area (Å²) in [6, 6.07) is 87.3. The van der Waals surface area contributed by atoms with Crippen LogP contribution in [0.4, 0.5) is 0 Å². The van der Waals surface area contributed by atoms with Crippen molar-refractivity contribution in [1.29, 1.82) is 0 Å². The lowest BCUT2D eigenvalue weighted by atomic mass is 9.90. The van der Waals surface area contributed by atoms with E-state index in [1.807, 2.05) is 48.5 Å². The molecule has 0 aliphatic heterocycles. The van der Waals surface area contributed by atoms with E-state index in [-0.39, 0.29) is 35.2 Å². The summed E-state index contributed by atoms with van der Waals surface area (Å²) >= 11 is 0. The second-order valence-corrected chi connectivity index (χ2v) is 20.4. The van der Waals surface area contributed by atoms with Crippen LogP contribution < -0.4 is 9.05 Å². The zero-order valence-electron chi connectivity index (χ0n) is 41.7. The highest BCUT2D eigenvalue weighted by Crippen LogP contribution is 2.50. The molecule has 4 unspecified atom stereocenters. The lowest BCUT2D eigenvalue weighted by Crippen LogP contribution is -2.03. The molecule has 0 heterocycles. The van der Waals surface area contributed by atoms with E-state index < -0.39 is 7.82 Å². The minimum absolute atomic E-state index is 0.173. The van der Waals surface area contributed by atoms with Gasteiger partial charge in [-0.1, -0.05) is 258 Å². The molecular weight excluding hydrogens is 912 g/mol. The third-order valence-electron chi connectivity index (χ3n) is 14.5. The van der Waals surface area contributed by atoms with Crippen molar-refractivity contribution in [3.05, 3.63) is 299 Å². The van der Waals surface area contributed by atoms with Crippen LogP contribution in [0.1, 0.15) is 95.9 Å². The Hall–Kier alpha value is -8.01. The molecule has 0 aliphatic rings. The third kappa shape index (κ3) is 11.2. The minimum Gasteiger partial charge on any atom is -0.395 e. The van der Waals surface area contributed by atoms with Crippen molar-refractivity contribution >= 4 is 7.82 Å². The minimum atomic E-state index is -4.83. The molecule has 10 aromatic rings. The average molecular weight is 971 g/mol. The van der Waals surface area contributed by atoms with Gasteiger partial charge in [-0.3, -0.25) is 4.89 Å². The smallest absolute Gasteiger partial charge is 0.395 e. The number of hydrogen-bond acceptors (Lipinski definition) is 3. The largest absolute Gasteiger partial charge is 0.584 e. The molecule has 4 atom stereocenters. The fourth-order valence-electron chi connectivity index (χ4n) is 9.86. The molecule has 0 amide bonds. The molecule has 0 bridgehead atoms. The molecule has 360 valence electrons. The van der Waals surface area contributed by atoms with Gasteiger partial charge in [-0.15, -0.1) is 0 Å². The van der Waals surface area contributed by atoms with Gasteiger partial charge in [0.05, 0.1) is 0 Å². The predicted molar refractivity (Wildman–Crippen MR) is 302 cm³/mol. The highest BCUT2D eigenvalue weighted by atomic mass is 31.2. The van der Waals surface area contributed by atoms with Gasteiger partial charge in [-0.05, 0) is 102 Å². The number of phosphoric acid groups is 1. The van der Waals surface area contributed by atoms with Crippen LogP contribution in [-0.4, -0.2) is 4.89 Å². The number of hydrogen-bond donors (Lipinski definition) is 1. The molecule has 5 heteroatoms. The van der Waals surface area contributed by atoms with Crippen LogP contribution in [0.2, 0.25) is 0 Å². The Labute approximate surface area is 430 Å². The van der Waals surface area contributed by atoms with Crippen molar-refractivity contribution in [3.8, 4) is 56.0 Å². The first-order valence-electron chi connectivity index (χ1n) is 25.2. The maximum atomic E-state index is 14.6. The van der Waals surface area contributed by atoms with Crippen molar-refractivity contribution in [1.82, 2.24) is 0 Å². The summed E-state index contributed by atoms with van der Waals surface area (Å²) in [5.74, 6) is 1.28. The SMILES string of the molecule is CC(c1ccccc1)c1ccc(-c2ccc(OP(=O)(O)Oc3ccc(-c4ccc(C(C)c5ccccc5)cc4)cc3-c3ccc(C(C)c4ccccc4)cc3)c(-c3ccc(C(C)c4ccccc4)cc3)c2)cc1. The molecule has 0 radical (unpaired) electrons. The standard InChI is InChI=1S/C68H59O4P/c1-47(51-17-9-5-10-18-51)55-25-33-59(34-26-55)63-41-43-67(65(45-63)61-37-29-57(30-38-61)49(3)53-21-13-7-14-22-53)71-73(69,70)72-68-44-42-64(60-35-27-56(28-36-60)48(2)52-19-11-6-12-20-52)46-66(68)62-39-31-58(32-40-62)50(4)54-23-15-8-16-24-54/h5-50H,1-4H3,(H,69,70). The van der Waals surface area contributed by atoms with Crippen LogP contribution >= 0.6 is 7.82 Å². The second kappa shape index (κ2) is 21.8. The van der Waals surface area contributed by atoms with Crippen LogP contribution in [0.5, 0.6) is 11.5 Å². The second-order valence-electron chi connectivity index (χ2n) is 19.1. The van der Waals surface area contributed by atoms with Gasteiger partial charge in [0.1, 0.15) is 11.5 Å². The topological polar surface area (TPSA) is 55.8 Å². The summed E-state index contributed by atoms with van der Waals surface area (Å²) in [5, 5.41) is 0. The molecular formula is C68H59O4P. The van der Waals surface area contributed by atoms with Gasteiger partial charge in [0.25, 0.3) is 0 Å². The van der Waals surface area contributed by atoms with Crippen LogP contribution in [-0.2, 0) is 4.57 Å². The highest BCUT2D eigenvalue weighted by molar-refractivity contribution is 7.48.